The minimum atomic E-state index is -0.000361. The van der Waals surface area contributed by atoms with Crippen molar-refractivity contribution in [3.8, 4) is 5.75 Å². The minimum absolute atomic E-state index is 0.000361. The van der Waals surface area contributed by atoms with E-state index in [0.717, 1.165) is 18.7 Å². The first kappa shape index (κ1) is 18.2. The van der Waals surface area contributed by atoms with Gasteiger partial charge in [0.1, 0.15) is 12.3 Å². The molecule has 0 radical (unpaired) electrons. The van der Waals surface area contributed by atoms with Crippen LogP contribution in [0.25, 0.3) is 0 Å². The van der Waals surface area contributed by atoms with Crippen molar-refractivity contribution in [1.82, 2.24) is 0 Å². The molecule has 3 rings (SSSR count). The molecule has 1 aliphatic rings. The van der Waals surface area contributed by atoms with Gasteiger partial charge in [0.15, 0.2) is 6.21 Å². The molecular formula is C23H29N2O+. The fraction of sp³-hybridized carbons (Fsp3) is 0.348. The summed E-state index contributed by atoms with van der Waals surface area (Å²) in [5, 5.41) is 0. The first-order chi connectivity index (χ1) is 12.5. The summed E-state index contributed by atoms with van der Waals surface area (Å²) in [6, 6.07) is 16.9. The van der Waals surface area contributed by atoms with Gasteiger partial charge in [-0.15, -0.1) is 0 Å². The Morgan fingerprint density at radius 2 is 1.77 bits per heavy atom. The molecule has 2 aromatic rings. The Morgan fingerprint density at radius 3 is 2.38 bits per heavy atom. The number of nitrogens with zero attached hydrogens (tertiary/aromatic N) is 2. The number of methoxy groups -OCH3 is 1. The van der Waals surface area contributed by atoms with Gasteiger partial charge in [-0.25, -0.2) is 0 Å². The lowest BCUT2D eigenvalue weighted by Gasteiger charge is -2.23. The van der Waals surface area contributed by atoms with Crippen LogP contribution in [0.5, 0.6) is 5.75 Å². The number of benzene rings is 2. The molecule has 3 nitrogen and oxygen atoms in total. The fourth-order valence-electron chi connectivity index (χ4n) is 3.77. The number of ether oxygens (including phenoxy) is 1. The van der Waals surface area contributed by atoms with Crippen molar-refractivity contribution in [3.63, 3.8) is 0 Å². The molecule has 0 saturated carbocycles. The number of hydrogen-bond acceptors (Lipinski definition) is 2. The van der Waals surface area contributed by atoms with Crippen LogP contribution in [0.1, 0.15) is 32.8 Å². The van der Waals surface area contributed by atoms with E-state index < -0.39 is 0 Å². The van der Waals surface area contributed by atoms with Gasteiger partial charge in [0.05, 0.1) is 7.11 Å². The highest BCUT2D eigenvalue weighted by Gasteiger charge is 2.38. The first-order valence-corrected chi connectivity index (χ1v) is 9.28. The molecule has 1 heterocycles. The van der Waals surface area contributed by atoms with Crippen LogP contribution in [0, 0.1) is 0 Å². The van der Waals surface area contributed by atoms with Gasteiger partial charge < -0.3 is 9.64 Å². The van der Waals surface area contributed by atoms with Gasteiger partial charge in [-0.1, -0.05) is 39.0 Å². The molecule has 0 spiro atoms. The summed E-state index contributed by atoms with van der Waals surface area (Å²) < 4.78 is 7.58. The smallest absolute Gasteiger partial charge is 0.205 e. The number of likely N-dealkylation sites (N-methyl/N-ethyl adjacent to an activating group) is 1. The quantitative estimate of drug-likeness (QED) is 0.549. The van der Waals surface area contributed by atoms with Crippen LogP contribution >= 0.6 is 0 Å². The molecule has 2 aromatic carbocycles. The number of para-hydroxylation sites is 1. The van der Waals surface area contributed by atoms with E-state index in [1.807, 2.05) is 12.1 Å². The van der Waals surface area contributed by atoms with E-state index in [4.69, 9.17) is 4.74 Å². The molecule has 0 amide bonds. The molecule has 0 aromatic heterocycles. The van der Waals surface area contributed by atoms with Gasteiger partial charge in [-0.05, 0) is 23.8 Å². The molecule has 0 unspecified atom stereocenters. The molecule has 0 saturated heterocycles. The summed E-state index contributed by atoms with van der Waals surface area (Å²) in [6.45, 7) is 7.78. The second-order valence-electron chi connectivity index (χ2n) is 7.29. The van der Waals surface area contributed by atoms with E-state index >= 15 is 0 Å². The largest absolute Gasteiger partial charge is 0.497 e. The summed E-state index contributed by atoms with van der Waals surface area (Å²) in [5.41, 5.74) is 5.17. The highest BCUT2D eigenvalue weighted by molar-refractivity contribution is 5.77. The van der Waals surface area contributed by atoms with Gasteiger partial charge in [0.25, 0.3) is 0 Å². The van der Waals surface area contributed by atoms with Crippen molar-refractivity contribution in [2.45, 2.75) is 32.6 Å². The molecule has 0 aliphatic carbocycles. The second kappa shape index (κ2) is 7.36. The Hall–Kier alpha value is -2.55. The number of fused-ring (bicyclic) bond motifs is 1. The molecule has 3 heteroatoms. The zero-order valence-electron chi connectivity index (χ0n) is 16.5. The van der Waals surface area contributed by atoms with Crippen LogP contribution in [-0.2, 0) is 5.41 Å². The van der Waals surface area contributed by atoms with Crippen molar-refractivity contribution < 1.29 is 9.31 Å². The third-order valence-electron chi connectivity index (χ3n) is 5.22. The van der Waals surface area contributed by atoms with Crippen LogP contribution < -0.4 is 9.64 Å². The monoisotopic (exact) mass is 349 g/mol. The summed E-state index contributed by atoms with van der Waals surface area (Å²) >= 11 is 0. The minimum Gasteiger partial charge on any atom is -0.497 e. The van der Waals surface area contributed by atoms with E-state index in [0.29, 0.717) is 0 Å². The van der Waals surface area contributed by atoms with E-state index in [9.17, 15) is 0 Å². The predicted octanol–water partition coefficient (Wildman–Crippen LogP) is 5.13. The Labute approximate surface area is 157 Å². The van der Waals surface area contributed by atoms with Gasteiger partial charge in [-0.2, -0.15) is 4.58 Å². The maximum atomic E-state index is 5.28. The highest BCUT2D eigenvalue weighted by Crippen LogP contribution is 2.46. The molecule has 0 atom stereocenters. The number of hydrogen-bond donors (Lipinski definition) is 0. The lowest BCUT2D eigenvalue weighted by Crippen LogP contribution is -2.23. The topological polar surface area (TPSA) is 15.5 Å². The van der Waals surface area contributed by atoms with Crippen LogP contribution in [-0.4, -0.2) is 31.5 Å². The number of rotatable bonds is 5. The lowest BCUT2D eigenvalue weighted by molar-refractivity contribution is -0.434. The lowest BCUT2D eigenvalue weighted by atomic mass is 9.84. The Kier molecular flexibility index (Phi) is 5.17. The number of anilines is 1. The van der Waals surface area contributed by atoms with Crippen molar-refractivity contribution in [2.24, 2.45) is 0 Å². The number of allylic oxidation sites excluding steroid dienone is 2. The van der Waals surface area contributed by atoms with Gasteiger partial charge >= 0.3 is 0 Å². The zero-order valence-corrected chi connectivity index (χ0v) is 16.5. The molecule has 1 aliphatic heterocycles. The van der Waals surface area contributed by atoms with Crippen LogP contribution in [0.4, 0.5) is 11.4 Å². The van der Waals surface area contributed by atoms with Crippen molar-refractivity contribution in [2.75, 3.05) is 25.6 Å². The van der Waals surface area contributed by atoms with Crippen molar-refractivity contribution >= 4 is 17.6 Å². The average Bonchev–Trinajstić information content (AvgIpc) is 2.85. The summed E-state index contributed by atoms with van der Waals surface area (Å²) in [4.78, 5) is 2.31. The van der Waals surface area contributed by atoms with Crippen LogP contribution in [0.15, 0.2) is 60.3 Å². The molecule has 0 N–H and O–H groups in total. The summed E-state index contributed by atoms with van der Waals surface area (Å²) in [6.07, 6.45) is 5.57. The maximum Gasteiger partial charge on any atom is 0.205 e. The SMILES string of the molecule is CCC[N+](=CC=C1N(C)c2ccccc2C1(C)C)c1ccc(OC)cc1. The molecule has 26 heavy (non-hydrogen) atoms. The molecule has 0 fully saturated rings. The summed E-state index contributed by atoms with van der Waals surface area (Å²) in [5.74, 6) is 0.885. The second-order valence-corrected chi connectivity index (χ2v) is 7.29. The van der Waals surface area contributed by atoms with E-state index in [1.165, 1.54) is 22.6 Å². The predicted molar refractivity (Wildman–Crippen MR) is 110 cm³/mol. The standard InChI is InChI=1S/C23H29N2O/c1-6-16-25(18-11-13-19(26-5)14-12-18)17-15-22-23(2,3)20-9-7-8-10-21(20)24(22)4/h7-15,17H,6,16H2,1-5H3/q+1. The fourth-order valence-corrected chi connectivity index (χ4v) is 3.77. The molecule has 136 valence electrons. The van der Waals surface area contributed by atoms with Crippen LogP contribution in [0.2, 0.25) is 0 Å². The normalized spacial score (nSPS) is 17.5. The summed E-state index contributed by atoms with van der Waals surface area (Å²) in [7, 11) is 3.86. The zero-order chi connectivity index (χ0) is 18.7. The van der Waals surface area contributed by atoms with E-state index in [1.54, 1.807) is 7.11 Å². The third kappa shape index (κ3) is 3.26. The van der Waals surface area contributed by atoms with Crippen molar-refractivity contribution in [1.29, 1.82) is 0 Å². The average molecular weight is 349 g/mol. The third-order valence-corrected chi connectivity index (χ3v) is 5.22. The Bertz CT molecular complexity index is 832. The maximum absolute atomic E-state index is 5.28. The first-order valence-electron chi connectivity index (χ1n) is 9.28. The van der Waals surface area contributed by atoms with Gasteiger partial charge in [0, 0.05) is 48.5 Å². The Balaban J connectivity index is 1.98. The Morgan fingerprint density at radius 1 is 1.08 bits per heavy atom. The van der Waals surface area contributed by atoms with E-state index in [-0.39, 0.29) is 5.41 Å². The van der Waals surface area contributed by atoms with Gasteiger partial charge in [-0.3, -0.25) is 0 Å². The molecular weight excluding hydrogens is 320 g/mol. The van der Waals surface area contributed by atoms with Crippen LogP contribution in [0.3, 0.4) is 0 Å². The van der Waals surface area contributed by atoms with Gasteiger partial charge in [0.2, 0.25) is 5.69 Å². The van der Waals surface area contributed by atoms with Crippen molar-refractivity contribution in [3.05, 3.63) is 65.9 Å². The van der Waals surface area contributed by atoms with E-state index in [2.05, 4.69) is 86.0 Å². The molecule has 0 bridgehead atoms. The highest BCUT2D eigenvalue weighted by atomic mass is 16.5.